The maximum atomic E-state index is 12.7. The number of thioether (sulfide) groups is 1. The number of carbonyl (C=O) groups excluding carboxylic acids is 1. The number of rotatable bonds is 6. The van der Waals surface area contributed by atoms with Crippen LogP contribution in [-0.2, 0) is 23.3 Å². The van der Waals surface area contributed by atoms with E-state index in [0.717, 1.165) is 17.0 Å². The molecule has 2 nitrogen and oxygen atoms in total. The first kappa shape index (κ1) is 17.9. The summed E-state index contributed by atoms with van der Waals surface area (Å²) in [5.74, 6) is 0.243. The summed E-state index contributed by atoms with van der Waals surface area (Å²) in [6.45, 7) is 2.23. The number of alkyl halides is 3. The maximum absolute atomic E-state index is 12.7. The molecule has 0 saturated carbocycles. The molecular weight excluding hydrogens is 343 g/mol. The Morgan fingerprint density at radius 2 is 2.09 bits per heavy atom. The van der Waals surface area contributed by atoms with Crippen molar-refractivity contribution in [2.75, 3.05) is 0 Å². The van der Waals surface area contributed by atoms with Crippen LogP contribution in [0.25, 0.3) is 0 Å². The summed E-state index contributed by atoms with van der Waals surface area (Å²) in [5.41, 5.74) is -0.104. The van der Waals surface area contributed by atoms with Gasteiger partial charge in [-0.05, 0) is 30.0 Å². The first-order valence-corrected chi connectivity index (χ1v) is 8.87. The number of thiophene rings is 1. The van der Waals surface area contributed by atoms with E-state index in [-0.39, 0.29) is 11.2 Å². The highest BCUT2D eigenvalue weighted by Crippen LogP contribution is 2.30. The number of hydrogen-bond acceptors (Lipinski definition) is 3. The van der Waals surface area contributed by atoms with Crippen molar-refractivity contribution in [1.82, 2.24) is 5.32 Å². The highest BCUT2D eigenvalue weighted by Gasteiger charge is 2.30. The quantitative estimate of drug-likeness (QED) is 0.810. The summed E-state index contributed by atoms with van der Waals surface area (Å²) >= 11 is 2.88. The second kappa shape index (κ2) is 7.88. The van der Waals surface area contributed by atoms with Crippen molar-refractivity contribution in [3.63, 3.8) is 0 Å². The average molecular weight is 359 g/mol. The maximum Gasteiger partial charge on any atom is 0.416 e. The second-order valence-electron chi connectivity index (χ2n) is 4.95. The van der Waals surface area contributed by atoms with Crippen LogP contribution in [0.4, 0.5) is 13.2 Å². The van der Waals surface area contributed by atoms with Crippen LogP contribution >= 0.6 is 23.1 Å². The van der Waals surface area contributed by atoms with E-state index >= 15 is 0 Å². The Labute approximate surface area is 141 Å². The molecule has 0 bridgehead atoms. The highest BCUT2D eigenvalue weighted by molar-refractivity contribution is 7.99. The molecular formula is C16H16F3NOS2. The largest absolute Gasteiger partial charge is 0.416 e. The Balaban J connectivity index is 1.84. The van der Waals surface area contributed by atoms with Gasteiger partial charge >= 0.3 is 6.18 Å². The van der Waals surface area contributed by atoms with Gasteiger partial charge < -0.3 is 5.32 Å². The summed E-state index contributed by atoms with van der Waals surface area (Å²) in [4.78, 5) is 13.0. The van der Waals surface area contributed by atoms with Crippen molar-refractivity contribution >= 4 is 29.0 Å². The van der Waals surface area contributed by atoms with Gasteiger partial charge in [0.15, 0.2) is 0 Å². The van der Waals surface area contributed by atoms with Gasteiger partial charge in [-0.2, -0.15) is 13.2 Å². The van der Waals surface area contributed by atoms with Crippen LogP contribution < -0.4 is 5.32 Å². The zero-order valence-electron chi connectivity index (χ0n) is 12.4. The molecule has 2 rings (SSSR count). The zero-order chi connectivity index (χ0) is 16.9. The van der Waals surface area contributed by atoms with Crippen molar-refractivity contribution in [2.24, 2.45) is 0 Å². The molecule has 0 aliphatic heterocycles. The number of carbonyl (C=O) groups is 1. The molecule has 1 aromatic heterocycles. The molecule has 1 aromatic carbocycles. The van der Waals surface area contributed by atoms with Crippen molar-refractivity contribution in [3.05, 3.63) is 57.8 Å². The first-order chi connectivity index (χ1) is 10.9. The van der Waals surface area contributed by atoms with Gasteiger partial charge in [0.25, 0.3) is 0 Å². The highest BCUT2D eigenvalue weighted by atomic mass is 32.2. The van der Waals surface area contributed by atoms with Gasteiger partial charge in [0.1, 0.15) is 0 Å². The molecule has 1 heterocycles. The molecule has 0 fully saturated rings. The third-order valence-corrected chi connectivity index (χ3v) is 5.23. The average Bonchev–Trinajstić information content (AvgIpc) is 3.03. The molecule has 7 heteroatoms. The summed E-state index contributed by atoms with van der Waals surface area (Å²) in [6, 6.07) is 9.05. The van der Waals surface area contributed by atoms with Gasteiger partial charge in [-0.3, -0.25) is 4.79 Å². The summed E-state index contributed by atoms with van der Waals surface area (Å²) < 4.78 is 38.0. The number of nitrogens with one attached hydrogen (secondary N) is 1. The predicted octanol–water partition coefficient (Wildman–Crippen LogP) is 4.71. The van der Waals surface area contributed by atoms with E-state index in [1.54, 1.807) is 24.3 Å². The molecule has 0 spiro atoms. The van der Waals surface area contributed by atoms with E-state index in [0.29, 0.717) is 17.9 Å². The topological polar surface area (TPSA) is 29.1 Å². The third-order valence-electron chi connectivity index (χ3n) is 3.14. The Morgan fingerprint density at radius 3 is 2.74 bits per heavy atom. The molecule has 0 aliphatic carbocycles. The van der Waals surface area contributed by atoms with Crippen LogP contribution in [0.5, 0.6) is 0 Å². The van der Waals surface area contributed by atoms with Crippen LogP contribution in [0.3, 0.4) is 0 Å². The minimum atomic E-state index is -4.34. The number of hydrogen-bond donors (Lipinski definition) is 1. The van der Waals surface area contributed by atoms with Gasteiger partial charge in [-0.15, -0.1) is 23.1 Å². The standard InChI is InChI=1S/C16H16F3NOS2/c1-11(15(21)20-9-14-6-3-7-22-14)23-10-12-4-2-5-13(8-12)16(17,18)19/h2-8,11H,9-10H2,1H3,(H,20,21)/t11-/m1/s1. The van der Waals surface area contributed by atoms with Crippen LogP contribution in [0, 0.1) is 0 Å². The fraction of sp³-hybridized carbons (Fsp3) is 0.312. The molecule has 0 saturated heterocycles. The molecule has 0 unspecified atom stereocenters. The normalized spacial score (nSPS) is 12.9. The lowest BCUT2D eigenvalue weighted by molar-refractivity contribution is -0.137. The van der Waals surface area contributed by atoms with Crippen molar-refractivity contribution in [1.29, 1.82) is 0 Å². The Kier molecular flexibility index (Phi) is 6.12. The summed E-state index contributed by atoms with van der Waals surface area (Å²) in [6.07, 6.45) is -4.34. The molecule has 0 aliphatic rings. The van der Waals surface area contributed by atoms with Crippen molar-refractivity contribution in [3.8, 4) is 0 Å². The summed E-state index contributed by atoms with van der Waals surface area (Å²) in [5, 5.41) is 4.44. The lowest BCUT2D eigenvalue weighted by Gasteiger charge is -2.12. The predicted molar refractivity (Wildman–Crippen MR) is 88.4 cm³/mol. The van der Waals surface area contributed by atoms with Gasteiger partial charge in [0, 0.05) is 10.6 Å². The van der Waals surface area contributed by atoms with Crippen LogP contribution in [-0.4, -0.2) is 11.2 Å². The van der Waals surface area contributed by atoms with Crippen molar-refractivity contribution in [2.45, 2.75) is 30.6 Å². The smallest absolute Gasteiger partial charge is 0.350 e. The minimum Gasteiger partial charge on any atom is -0.350 e. The van der Waals surface area contributed by atoms with Gasteiger partial charge in [-0.25, -0.2) is 0 Å². The molecule has 1 N–H and O–H groups in total. The Hall–Kier alpha value is -1.47. The monoisotopic (exact) mass is 359 g/mol. The fourth-order valence-corrected chi connectivity index (χ4v) is 3.37. The van der Waals surface area contributed by atoms with E-state index in [2.05, 4.69) is 5.32 Å². The van der Waals surface area contributed by atoms with Crippen LogP contribution in [0.2, 0.25) is 0 Å². The molecule has 0 radical (unpaired) electrons. The van der Waals surface area contributed by atoms with E-state index in [1.807, 2.05) is 17.5 Å². The fourth-order valence-electron chi connectivity index (χ4n) is 1.87. The third kappa shape index (κ3) is 5.58. The van der Waals surface area contributed by atoms with Gasteiger partial charge in [0.2, 0.25) is 5.91 Å². The first-order valence-electron chi connectivity index (χ1n) is 6.94. The Morgan fingerprint density at radius 1 is 1.30 bits per heavy atom. The van der Waals surface area contributed by atoms with E-state index in [1.165, 1.54) is 17.8 Å². The van der Waals surface area contributed by atoms with E-state index < -0.39 is 11.7 Å². The summed E-state index contributed by atoms with van der Waals surface area (Å²) in [7, 11) is 0. The van der Waals surface area contributed by atoms with Crippen molar-refractivity contribution < 1.29 is 18.0 Å². The second-order valence-corrected chi connectivity index (χ2v) is 7.31. The molecule has 23 heavy (non-hydrogen) atoms. The number of benzene rings is 1. The minimum absolute atomic E-state index is 0.115. The van der Waals surface area contributed by atoms with E-state index in [9.17, 15) is 18.0 Å². The number of amides is 1. The molecule has 2 aromatic rings. The van der Waals surface area contributed by atoms with E-state index in [4.69, 9.17) is 0 Å². The number of halogens is 3. The van der Waals surface area contributed by atoms with Gasteiger partial charge in [-0.1, -0.05) is 24.3 Å². The van der Waals surface area contributed by atoms with Gasteiger partial charge in [0.05, 0.1) is 17.4 Å². The SMILES string of the molecule is C[C@@H](SCc1cccc(C(F)(F)F)c1)C(=O)NCc1cccs1. The van der Waals surface area contributed by atoms with Crippen LogP contribution in [0.1, 0.15) is 22.9 Å². The molecule has 1 amide bonds. The lowest BCUT2D eigenvalue weighted by atomic mass is 10.1. The van der Waals surface area contributed by atoms with Crippen LogP contribution in [0.15, 0.2) is 41.8 Å². The zero-order valence-corrected chi connectivity index (χ0v) is 14.0. The molecule has 124 valence electrons. The lowest BCUT2D eigenvalue weighted by Crippen LogP contribution is -2.30. The Bertz CT molecular complexity index is 641. The molecule has 1 atom stereocenters.